The third-order valence-corrected chi connectivity index (χ3v) is 2.82. The Morgan fingerprint density at radius 2 is 2.00 bits per heavy atom. The maximum Gasteiger partial charge on any atom is 0.328 e. The van der Waals surface area contributed by atoms with Crippen LogP contribution in [-0.4, -0.2) is 30.9 Å². The number of ether oxygens (including phenoxy) is 1. The van der Waals surface area contributed by atoms with Gasteiger partial charge in [0.05, 0.1) is 24.4 Å². The lowest BCUT2D eigenvalue weighted by molar-refractivity contribution is -0.143. The molecule has 0 aliphatic rings. The topological polar surface area (TPSA) is 108 Å². The van der Waals surface area contributed by atoms with Gasteiger partial charge in [0.1, 0.15) is 6.04 Å². The van der Waals surface area contributed by atoms with E-state index in [1.807, 2.05) is 6.07 Å². The molecule has 0 saturated carbocycles. The summed E-state index contributed by atoms with van der Waals surface area (Å²) in [5, 5.41) is 13.7. The fraction of sp³-hybridized carbons (Fsp3) is 0.333. The molecule has 0 heterocycles. The SMILES string of the molecule is COC(=O)[C@@H](CCC#N)NC(=O)c1ccccc1NC(C)=O. The Kier molecular flexibility index (Phi) is 6.57. The minimum absolute atomic E-state index is 0.105. The smallest absolute Gasteiger partial charge is 0.328 e. The van der Waals surface area contributed by atoms with Crippen molar-refractivity contribution < 1.29 is 19.1 Å². The Hall–Kier alpha value is -2.88. The molecule has 0 saturated heterocycles. The Labute approximate surface area is 128 Å². The number of para-hydroxylation sites is 1. The van der Waals surface area contributed by atoms with Gasteiger partial charge in [-0.25, -0.2) is 4.79 Å². The number of esters is 1. The van der Waals surface area contributed by atoms with E-state index in [2.05, 4.69) is 15.4 Å². The summed E-state index contributed by atoms with van der Waals surface area (Å²) in [6, 6.07) is 7.42. The van der Waals surface area contributed by atoms with Gasteiger partial charge in [0.25, 0.3) is 5.91 Å². The van der Waals surface area contributed by atoms with Gasteiger partial charge in [0.15, 0.2) is 0 Å². The molecule has 1 aromatic carbocycles. The van der Waals surface area contributed by atoms with E-state index < -0.39 is 17.9 Å². The van der Waals surface area contributed by atoms with E-state index in [1.165, 1.54) is 20.1 Å². The molecular weight excluding hydrogens is 286 g/mol. The van der Waals surface area contributed by atoms with Crippen LogP contribution >= 0.6 is 0 Å². The monoisotopic (exact) mass is 303 g/mol. The largest absolute Gasteiger partial charge is 0.467 e. The first-order valence-electron chi connectivity index (χ1n) is 6.61. The number of amides is 2. The van der Waals surface area contributed by atoms with E-state index in [1.54, 1.807) is 18.2 Å². The zero-order valence-electron chi connectivity index (χ0n) is 12.4. The number of nitrogens with zero attached hydrogens (tertiary/aromatic N) is 1. The highest BCUT2D eigenvalue weighted by atomic mass is 16.5. The molecule has 0 aromatic heterocycles. The number of benzene rings is 1. The second-order valence-corrected chi connectivity index (χ2v) is 4.47. The summed E-state index contributed by atoms with van der Waals surface area (Å²) in [6.07, 6.45) is 0.255. The van der Waals surface area contributed by atoms with Crippen molar-refractivity contribution in [3.8, 4) is 6.07 Å². The standard InChI is InChI=1S/C15H17N3O4/c1-10(19)17-12-7-4-3-6-11(12)14(20)18-13(8-5-9-16)15(21)22-2/h3-4,6-7,13H,5,8H2,1-2H3,(H,17,19)(H,18,20)/t13-/m1/s1. The van der Waals surface area contributed by atoms with Crippen LogP contribution in [0.1, 0.15) is 30.1 Å². The average molecular weight is 303 g/mol. The molecule has 1 atom stereocenters. The highest BCUT2D eigenvalue weighted by Crippen LogP contribution is 2.15. The number of carbonyl (C=O) groups is 3. The van der Waals surface area contributed by atoms with Gasteiger partial charge in [-0.1, -0.05) is 12.1 Å². The van der Waals surface area contributed by atoms with E-state index in [0.29, 0.717) is 5.69 Å². The average Bonchev–Trinajstić information content (AvgIpc) is 2.50. The Morgan fingerprint density at radius 1 is 1.32 bits per heavy atom. The fourth-order valence-electron chi connectivity index (χ4n) is 1.82. The van der Waals surface area contributed by atoms with Crippen LogP contribution in [-0.2, 0) is 14.3 Å². The van der Waals surface area contributed by atoms with Crippen LogP contribution in [0.15, 0.2) is 24.3 Å². The minimum Gasteiger partial charge on any atom is -0.467 e. The maximum absolute atomic E-state index is 12.3. The Morgan fingerprint density at radius 3 is 2.59 bits per heavy atom. The second kappa shape index (κ2) is 8.42. The molecule has 2 amide bonds. The predicted octanol–water partition coefficient (Wildman–Crippen LogP) is 1.22. The second-order valence-electron chi connectivity index (χ2n) is 4.47. The Balaban J connectivity index is 2.92. The van der Waals surface area contributed by atoms with Crippen LogP contribution in [0.25, 0.3) is 0 Å². The van der Waals surface area contributed by atoms with Crippen molar-refractivity contribution in [2.75, 3.05) is 12.4 Å². The van der Waals surface area contributed by atoms with Crippen LogP contribution in [0, 0.1) is 11.3 Å². The fourth-order valence-corrected chi connectivity index (χ4v) is 1.82. The van der Waals surface area contributed by atoms with Crippen molar-refractivity contribution in [1.82, 2.24) is 5.32 Å². The normalized spacial score (nSPS) is 11.0. The number of nitrogens with one attached hydrogen (secondary N) is 2. The first kappa shape index (κ1) is 17.2. The van der Waals surface area contributed by atoms with E-state index in [9.17, 15) is 14.4 Å². The van der Waals surface area contributed by atoms with Crippen molar-refractivity contribution in [2.24, 2.45) is 0 Å². The summed E-state index contributed by atoms with van der Waals surface area (Å²) in [4.78, 5) is 35.1. The van der Waals surface area contributed by atoms with Crippen molar-refractivity contribution in [3.05, 3.63) is 29.8 Å². The molecule has 0 spiro atoms. The third kappa shape index (κ3) is 4.90. The molecule has 22 heavy (non-hydrogen) atoms. The van der Waals surface area contributed by atoms with E-state index in [4.69, 9.17) is 5.26 Å². The summed E-state index contributed by atoms with van der Waals surface area (Å²) in [6.45, 7) is 1.33. The molecule has 1 rings (SSSR count). The molecular formula is C15H17N3O4. The lowest BCUT2D eigenvalue weighted by Crippen LogP contribution is -2.41. The van der Waals surface area contributed by atoms with Gasteiger partial charge in [-0.3, -0.25) is 9.59 Å². The predicted molar refractivity (Wildman–Crippen MR) is 78.9 cm³/mol. The molecule has 0 unspecified atom stereocenters. The zero-order valence-corrected chi connectivity index (χ0v) is 12.4. The van der Waals surface area contributed by atoms with Crippen molar-refractivity contribution >= 4 is 23.5 Å². The summed E-state index contributed by atoms with van der Waals surface area (Å²) >= 11 is 0. The molecule has 0 aliphatic carbocycles. The van der Waals surface area contributed by atoms with Gasteiger partial charge >= 0.3 is 5.97 Å². The summed E-state index contributed by atoms with van der Waals surface area (Å²) in [7, 11) is 1.21. The number of hydrogen-bond acceptors (Lipinski definition) is 5. The van der Waals surface area contributed by atoms with Gasteiger partial charge in [-0.05, 0) is 18.6 Å². The van der Waals surface area contributed by atoms with E-state index in [0.717, 1.165) is 0 Å². The zero-order chi connectivity index (χ0) is 16.5. The lowest BCUT2D eigenvalue weighted by atomic mass is 10.1. The molecule has 1 aromatic rings. The molecule has 0 aliphatic heterocycles. The van der Waals surface area contributed by atoms with E-state index in [-0.39, 0.29) is 24.3 Å². The Bertz CT molecular complexity index is 607. The maximum atomic E-state index is 12.3. The van der Waals surface area contributed by atoms with Gasteiger partial charge in [0.2, 0.25) is 5.91 Å². The van der Waals surface area contributed by atoms with Gasteiger partial charge in [0, 0.05) is 13.3 Å². The number of carbonyl (C=O) groups excluding carboxylic acids is 3. The van der Waals surface area contributed by atoms with Crippen LogP contribution < -0.4 is 10.6 Å². The van der Waals surface area contributed by atoms with Crippen molar-refractivity contribution in [3.63, 3.8) is 0 Å². The first-order valence-corrected chi connectivity index (χ1v) is 6.61. The minimum atomic E-state index is -0.914. The molecule has 7 heteroatoms. The molecule has 2 N–H and O–H groups in total. The molecule has 0 bridgehead atoms. The van der Waals surface area contributed by atoms with Crippen LogP contribution in [0.5, 0.6) is 0 Å². The van der Waals surface area contributed by atoms with Gasteiger partial charge in [-0.2, -0.15) is 5.26 Å². The lowest BCUT2D eigenvalue weighted by Gasteiger charge is -2.16. The molecule has 116 valence electrons. The van der Waals surface area contributed by atoms with Crippen LogP contribution in [0.3, 0.4) is 0 Å². The van der Waals surface area contributed by atoms with Crippen LogP contribution in [0.2, 0.25) is 0 Å². The quantitative estimate of drug-likeness (QED) is 0.768. The summed E-state index contributed by atoms with van der Waals surface area (Å²) < 4.78 is 4.61. The highest BCUT2D eigenvalue weighted by Gasteiger charge is 2.23. The summed E-state index contributed by atoms with van der Waals surface area (Å²) in [5.41, 5.74) is 0.569. The van der Waals surface area contributed by atoms with E-state index >= 15 is 0 Å². The number of hydrogen-bond donors (Lipinski definition) is 2. The number of anilines is 1. The first-order chi connectivity index (χ1) is 10.5. The van der Waals surface area contributed by atoms with Crippen molar-refractivity contribution in [2.45, 2.75) is 25.8 Å². The van der Waals surface area contributed by atoms with Gasteiger partial charge in [-0.15, -0.1) is 0 Å². The van der Waals surface area contributed by atoms with Crippen molar-refractivity contribution in [1.29, 1.82) is 5.26 Å². The number of methoxy groups -OCH3 is 1. The molecule has 0 radical (unpaired) electrons. The van der Waals surface area contributed by atoms with Gasteiger partial charge < -0.3 is 15.4 Å². The highest BCUT2D eigenvalue weighted by molar-refractivity contribution is 6.04. The summed E-state index contributed by atoms with van der Waals surface area (Å²) in [5.74, 6) is -1.47. The molecule has 7 nitrogen and oxygen atoms in total. The molecule has 0 fully saturated rings. The van der Waals surface area contributed by atoms with Crippen LogP contribution in [0.4, 0.5) is 5.69 Å². The third-order valence-electron chi connectivity index (χ3n) is 2.82. The number of rotatable bonds is 6. The number of nitriles is 1.